The molecule has 1 fully saturated rings. The molecule has 4 nitrogen and oxygen atoms in total. The van der Waals surface area contributed by atoms with E-state index in [0.29, 0.717) is 0 Å². The maximum Gasteiger partial charge on any atom is 0.354 e. The molecule has 0 atom stereocenters. The van der Waals surface area contributed by atoms with Gasteiger partial charge in [0, 0.05) is 6.54 Å². The van der Waals surface area contributed by atoms with Crippen LogP contribution in [0.5, 0.6) is 0 Å². The molecule has 2 rings (SSSR count). The number of anilines is 1. The van der Waals surface area contributed by atoms with Crippen LogP contribution in [0.25, 0.3) is 0 Å². The number of carboxylic acid groups (broad SMARTS) is 1. The Kier molecular flexibility index (Phi) is 4.56. The number of aromatic nitrogens is 1. The zero-order valence-corrected chi connectivity index (χ0v) is 10.6. The number of pyridine rings is 1. The minimum atomic E-state index is -0.984. The van der Waals surface area contributed by atoms with Gasteiger partial charge < -0.3 is 10.4 Å². The number of hydrogen-bond donors (Lipinski definition) is 2. The standard InChI is InChI=1S/C14H20N2O2/c17-14(18)13-8-7-12(10-16-13)15-9-3-6-11-4-1-2-5-11/h7-8,10-11,15H,1-6,9H2,(H,17,18). The van der Waals surface area contributed by atoms with Crippen LogP contribution in [0.15, 0.2) is 18.3 Å². The van der Waals surface area contributed by atoms with E-state index in [2.05, 4.69) is 10.3 Å². The lowest BCUT2D eigenvalue weighted by Crippen LogP contribution is -2.05. The second-order valence-electron chi connectivity index (χ2n) is 4.96. The Hall–Kier alpha value is -1.58. The maximum atomic E-state index is 10.6. The zero-order valence-electron chi connectivity index (χ0n) is 10.6. The third-order valence-electron chi connectivity index (χ3n) is 3.58. The number of aromatic carboxylic acids is 1. The van der Waals surface area contributed by atoms with Gasteiger partial charge in [0.1, 0.15) is 5.69 Å². The molecular weight excluding hydrogens is 228 g/mol. The van der Waals surface area contributed by atoms with Crippen LogP contribution >= 0.6 is 0 Å². The van der Waals surface area contributed by atoms with Gasteiger partial charge in [-0.25, -0.2) is 9.78 Å². The molecule has 1 aliphatic carbocycles. The van der Waals surface area contributed by atoms with E-state index in [9.17, 15) is 4.79 Å². The Morgan fingerprint density at radius 2 is 2.17 bits per heavy atom. The molecule has 1 saturated carbocycles. The fourth-order valence-corrected chi connectivity index (χ4v) is 2.55. The summed E-state index contributed by atoms with van der Waals surface area (Å²) in [6.45, 7) is 0.935. The lowest BCUT2D eigenvalue weighted by atomic mass is 10.0. The number of nitrogens with one attached hydrogen (secondary N) is 1. The predicted molar refractivity (Wildman–Crippen MR) is 70.9 cm³/mol. The molecule has 0 unspecified atom stereocenters. The number of rotatable bonds is 6. The highest BCUT2D eigenvalue weighted by molar-refractivity contribution is 5.85. The molecule has 98 valence electrons. The number of nitrogens with zero attached hydrogens (tertiary/aromatic N) is 1. The summed E-state index contributed by atoms with van der Waals surface area (Å²) in [6.07, 6.45) is 9.65. The molecule has 1 heterocycles. The molecule has 0 aromatic carbocycles. The molecule has 0 amide bonds. The molecule has 0 spiro atoms. The highest BCUT2D eigenvalue weighted by atomic mass is 16.4. The van der Waals surface area contributed by atoms with Gasteiger partial charge in [-0.05, 0) is 30.9 Å². The first-order chi connectivity index (χ1) is 8.75. The van der Waals surface area contributed by atoms with Crippen LogP contribution in [-0.2, 0) is 0 Å². The van der Waals surface area contributed by atoms with Crippen LogP contribution in [0.1, 0.15) is 49.0 Å². The first-order valence-corrected chi connectivity index (χ1v) is 6.69. The van der Waals surface area contributed by atoms with E-state index < -0.39 is 5.97 Å². The monoisotopic (exact) mass is 248 g/mol. The second kappa shape index (κ2) is 6.38. The summed E-state index contributed by atoms with van der Waals surface area (Å²) in [7, 11) is 0. The highest BCUT2D eigenvalue weighted by Gasteiger charge is 2.13. The summed E-state index contributed by atoms with van der Waals surface area (Å²) in [5.41, 5.74) is 0.984. The highest BCUT2D eigenvalue weighted by Crippen LogP contribution is 2.28. The van der Waals surface area contributed by atoms with Crippen LogP contribution in [-0.4, -0.2) is 22.6 Å². The second-order valence-corrected chi connectivity index (χ2v) is 4.96. The first-order valence-electron chi connectivity index (χ1n) is 6.69. The van der Waals surface area contributed by atoms with Crippen molar-refractivity contribution in [3.05, 3.63) is 24.0 Å². The quantitative estimate of drug-likeness (QED) is 0.759. The molecular formula is C14H20N2O2. The van der Waals surface area contributed by atoms with E-state index >= 15 is 0 Å². The van der Waals surface area contributed by atoms with E-state index in [-0.39, 0.29) is 5.69 Å². The Morgan fingerprint density at radius 3 is 2.78 bits per heavy atom. The molecule has 0 saturated heterocycles. The minimum absolute atomic E-state index is 0.0894. The van der Waals surface area contributed by atoms with E-state index in [4.69, 9.17) is 5.11 Å². The van der Waals surface area contributed by atoms with E-state index in [0.717, 1.165) is 18.2 Å². The lowest BCUT2D eigenvalue weighted by molar-refractivity contribution is 0.0690. The third-order valence-corrected chi connectivity index (χ3v) is 3.58. The van der Waals surface area contributed by atoms with Crippen LogP contribution in [0.3, 0.4) is 0 Å². The predicted octanol–water partition coefficient (Wildman–Crippen LogP) is 3.16. The van der Waals surface area contributed by atoms with Gasteiger partial charge >= 0.3 is 5.97 Å². The summed E-state index contributed by atoms with van der Waals surface area (Å²) in [6, 6.07) is 3.30. The van der Waals surface area contributed by atoms with Crippen molar-refractivity contribution in [2.75, 3.05) is 11.9 Å². The van der Waals surface area contributed by atoms with Crippen molar-refractivity contribution in [2.24, 2.45) is 5.92 Å². The molecule has 18 heavy (non-hydrogen) atoms. The van der Waals surface area contributed by atoms with E-state index in [1.807, 2.05) is 0 Å². The largest absolute Gasteiger partial charge is 0.477 e. The van der Waals surface area contributed by atoms with Gasteiger partial charge in [0.05, 0.1) is 11.9 Å². The van der Waals surface area contributed by atoms with Crippen LogP contribution in [0, 0.1) is 5.92 Å². The number of carboxylic acids is 1. The van der Waals surface area contributed by atoms with Gasteiger partial charge in [-0.1, -0.05) is 25.7 Å². The molecule has 0 radical (unpaired) electrons. The Morgan fingerprint density at radius 1 is 1.39 bits per heavy atom. The average molecular weight is 248 g/mol. The smallest absolute Gasteiger partial charge is 0.354 e. The SMILES string of the molecule is O=C(O)c1ccc(NCCCC2CCCC2)cn1. The van der Waals surface area contributed by atoms with Gasteiger partial charge in [0.25, 0.3) is 0 Å². The van der Waals surface area contributed by atoms with Gasteiger partial charge in [-0.3, -0.25) is 0 Å². The molecule has 1 aliphatic rings. The van der Waals surface area contributed by atoms with Crippen LogP contribution in [0.2, 0.25) is 0 Å². The fourth-order valence-electron chi connectivity index (χ4n) is 2.55. The molecule has 2 N–H and O–H groups in total. The molecule has 0 bridgehead atoms. The van der Waals surface area contributed by atoms with E-state index in [1.54, 1.807) is 12.3 Å². The van der Waals surface area contributed by atoms with Crippen molar-refractivity contribution in [3.63, 3.8) is 0 Å². The minimum Gasteiger partial charge on any atom is -0.477 e. The summed E-state index contributed by atoms with van der Waals surface area (Å²) in [4.78, 5) is 14.5. The van der Waals surface area contributed by atoms with Crippen LogP contribution < -0.4 is 5.32 Å². The van der Waals surface area contributed by atoms with Crippen molar-refractivity contribution < 1.29 is 9.90 Å². The molecule has 0 aliphatic heterocycles. The zero-order chi connectivity index (χ0) is 12.8. The average Bonchev–Trinajstić information content (AvgIpc) is 2.88. The van der Waals surface area contributed by atoms with Gasteiger partial charge in [-0.2, -0.15) is 0 Å². The van der Waals surface area contributed by atoms with Crippen molar-refractivity contribution >= 4 is 11.7 Å². The number of hydrogen-bond acceptors (Lipinski definition) is 3. The fraction of sp³-hybridized carbons (Fsp3) is 0.571. The van der Waals surface area contributed by atoms with Crippen LogP contribution in [0.4, 0.5) is 5.69 Å². The normalized spacial score (nSPS) is 15.8. The molecule has 1 aromatic rings. The number of carbonyl (C=O) groups is 1. The Bertz CT molecular complexity index is 383. The van der Waals surface area contributed by atoms with Gasteiger partial charge in [0.2, 0.25) is 0 Å². The first kappa shape index (κ1) is 12.9. The summed E-state index contributed by atoms with van der Waals surface area (Å²) < 4.78 is 0. The van der Waals surface area contributed by atoms with Crippen molar-refractivity contribution in [1.29, 1.82) is 0 Å². The topological polar surface area (TPSA) is 62.2 Å². The summed E-state index contributed by atoms with van der Waals surface area (Å²) >= 11 is 0. The maximum absolute atomic E-state index is 10.6. The Balaban J connectivity index is 1.68. The lowest BCUT2D eigenvalue weighted by Gasteiger charge is -2.09. The van der Waals surface area contributed by atoms with Crippen molar-refractivity contribution in [3.8, 4) is 0 Å². The Labute approximate surface area is 107 Å². The van der Waals surface area contributed by atoms with E-state index in [1.165, 1.54) is 44.6 Å². The van der Waals surface area contributed by atoms with Gasteiger partial charge in [0.15, 0.2) is 0 Å². The third kappa shape index (κ3) is 3.72. The molecule has 4 heteroatoms. The van der Waals surface area contributed by atoms with Crippen molar-refractivity contribution in [2.45, 2.75) is 38.5 Å². The molecule has 1 aromatic heterocycles. The summed E-state index contributed by atoms with van der Waals surface area (Å²) in [5.74, 6) is -0.0536. The van der Waals surface area contributed by atoms with Gasteiger partial charge in [-0.15, -0.1) is 0 Å². The van der Waals surface area contributed by atoms with Crippen molar-refractivity contribution in [1.82, 2.24) is 4.98 Å². The summed E-state index contributed by atoms with van der Waals surface area (Å²) in [5, 5.41) is 12.0.